The summed E-state index contributed by atoms with van der Waals surface area (Å²) in [6, 6.07) is 7.24. The largest absolute Gasteiger partial charge is 0.460 e. The zero-order chi connectivity index (χ0) is 25.8. The van der Waals surface area contributed by atoms with Crippen LogP contribution in [-0.4, -0.2) is 47.4 Å². The van der Waals surface area contributed by atoms with Crippen molar-refractivity contribution in [2.24, 2.45) is 5.73 Å². The molecule has 0 aliphatic carbocycles. The number of benzene rings is 1. The van der Waals surface area contributed by atoms with E-state index in [1.807, 2.05) is 32.9 Å². The third-order valence-corrected chi connectivity index (χ3v) is 7.97. The number of quaternary nitrogens is 1. The van der Waals surface area contributed by atoms with Crippen LogP contribution in [0, 0.1) is 0 Å². The van der Waals surface area contributed by atoms with Gasteiger partial charge in [-0.3, -0.25) is 14.4 Å². The van der Waals surface area contributed by atoms with Crippen molar-refractivity contribution in [2.45, 2.75) is 71.9 Å². The summed E-state index contributed by atoms with van der Waals surface area (Å²) >= 11 is 7.49. The van der Waals surface area contributed by atoms with Crippen LogP contribution in [0.25, 0.3) is 0 Å². The lowest BCUT2D eigenvalue weighted by molar-refractivity contribution is -0.941. The van der Waals surface area contributed by atoms with Crippen molar-refractivity contribution >= 4 is 40.6 Å². The summed E-state index contributed by atoms with van der Waals surface area (Å²) in [6.07, 6.45) is 2.38. The molecule has 0 bridgehead atoms. The molecule has 3 rings (SSSR count). The van der Waals surface area contributed by atoms with Crippen LogP contribution in [0.1, 0.15) is 71.8 Å². The minimum Gasteiger partial charge on any atom is -0.460 e. The van der Waals surface area contributed by atoms with Gasteiger partial charge in [-0.1, -0.05) is 23.7 Å². The van der Waals surface area contributed by atoms with E-state index in [9.17, 15) is 14.4 Å². The van der Waals surface area contributed by atoms with Crippen molar-refractivity contribution in [3.63, 3.8) is 0 Å². The highest BCUT2D eigenvalue weighted by atomic mass is 35.5. The molecule has 0 fully saturated rings. The molecule has 1 amide bonds. The van der Waals surface area contributed by atoms with E-state index in [1.54, 1.807) is 23.5 Å². The number of hydrogen-bond acceptors (Lipinski definition) is 5. The maximum Gasteiger partial charge on any atom is 0.306 e. The highest BCUT2D eigenvalue weighted by Crippen LogP contribution is 2.36. The van der Waals surface area contributed by atoms with Crippen LogP contribution in [0.4, 0.5) is 0 Å². The lowest BCUT2D eigenvalue weighted by atomic mass is 9.97. The number of ether oxygens (including phenoxy) is 1. The van der Waals surface area contributed by atoms with E-state index in [1.165, 1.54) is 0 Å². The number of Topliss-reactive ketones (excluding diaryl/α,β-unsaturated/α-hetero) is 1. The van der Waals surface area contributed by atoms with Crippen LogP contribution >= 0.6 is 22.9 Å². The number of carbonyl (C=O) groups excluding carboxylic acids is 3. The van der Waals surface area contributed by atoms with Gasteiger partial charge in [-0.15, -0.1) is 11.3 Å². The minimum absolute atomic E-state index is 0.0435. The van der Waals surface area contributed by atoms with Crippen LogP contribution in [0.5, 0.6) is 0 Å². The fourth-order valence-corrected chi connectivity index (χ4v) is 6.39. The number of hydrogen-bond donors (Lipinski definition) is 1. The van der Waals surface area contributed by atoms with Crippen molar-refractivity contribution in [2.75, 3.05) is 19.6 Å². The number of thiophene rings is 1. The van der Waals surface area contributed by atoms with E-state index in [-0.39, 0.29) is 24.6 Å². The SMILES string of the molecule is CC[N+]1(CCCC(=O)OC(C)(C)C)CCc2c(sc(CC(=O)Cc3ccc(Cl)cc3)c2C(N)=O)C1. The van der Waals surface area contributed by atoms with Crippen molar-refractivity contribution in [3.8, 4) is 0 Å². The molecule has 0 saturated carbocycles. The standard InChI is InChI=1S/C27H35ClN2O4S/c1-5-30(13-6-7-24(32)34-27(2,3)4)14-12-21-23(17-30)35-22(25(21)26(29)33)16-20(31)15-18-8-10-19(28)11-9-18/h8-11H,5-7,12-17H2,1-4H3,(H-,29,33)/p+1. The third kappa shape index (κ3) is 7.38. The average Bonchev–Trinajstić information content (AvgIpc) is 3.10. The van der Waals surface area contributed by atoms with Crippen molar-refractivity contribution in [1.82, 2.24) is 0 Å². The number of fused-ring (bicyclic) bond motifs is 1. The molecular weight excluding hydrogens is 484 g/mol. The highest BCUT2D eigenvalue weighted by Gasteiger charge is 2.36. The maximum absolute atomic E-state index is 12.8. The molecule has 0 radical (unpaired) electrons. The Hall–Kier alpha value is -2.22. The Morgan fingerprint density at radius 3 is 2.43 bits per heavy atom. The molecule has 1 aromatic heterocycles. The lowest BCUT2D eigenvalue weighted by Gasteiger charge is -2.40. The fourth-order valence-electron chi connectivity index (χ4n) is 4.75. The first-order chi connectivity index (χ1) is 16.4. The number of halogens is 1. The molecule has 2 N–H and O–H groups in total. The third-order valence-electron chi connectivity index (χ3n) is 6.50. The van der Waals surface area contributed by atoms with Gasteiger partial charge in [-0.25, -0.2) is 0 Å². The monoisotopic (exact) mass is 519 g/mol. The highest BCUT2D eigenvalue weighted by molar-refractivity contribution is 7.12. The van der Waals surface area contributed by atoms with Gasteiger partial charge in [0.2, 0.25) is 5.91 Å². The molecule has 190 valence electrons. The van der Waals surface area contributed by atoms with Gasteiger partial charge in [0.15, 0.2) is 0 Å². The van der Waals surface area contributed by atoms with Gasteiger partial charge < -0.3 is 15.0 Å². The average molecular weight is 520 g/mol. The second-order valence-corrected chi connectivity index (χ2v) is 12.0. The number of carbonyl (C=O) groups is 3. The lowest BCUT2D eigenvalue weighted by Crippen LogP contribution is -2.51. The quantitative estimate of drug-likeness (QED) is 0.358. The molecule has 6 nitrogen and oxygen atoms in total. The van der Waals surface area contributed by atoms with Gasteiger partial charge in [0.05, 0.1) is 36.5 Å². The molecule has 1 aliphatic heterocycles. The van der Waals surface area contributed by atoms with E-state index in [0.29, 0.717) is 17.0 Å². The normalized spacial score (nSPS) is 17.6. The van der Waals surface area contributed by atoms with Gasteiger partial charge >= 0.3 is 5.97 Å². The molecule has 0 spiro atoms. The molecule has 1 unspecified atom stereocenters. The predicted octanol–water partition coefficient (Wildman–Crippen LogP) is 4.87. The summed E-state index contributed by atoms with van der Waals surface area (Å²) in [7, 11) is 0. The second-order valence-electron chi connectivity index (χ2n) is 10.4. The number of rotatable bonds is 10. The molecular formula is C27H36ClN2O4S+. The molecule has 35 heavy (non-hydrogen) atoms. The Morgan fingerprint density at radius 2 is 1.83 bits per heavy atom. The smallest absolute Gasteiger partial charge is 0.306 e. The predicted molar refractivity (Wildman–Crippen MR) is 140 cm³/mol. The number of likely N-dealkylation sites (N-methyl/N-ethyl adjacent to an activating group) is 1. The summed E-state index contributed by atoms with van der Waals surface area (Å²) in [5.41, 5.74) is 7.74. The first-order valence-corrected chi connectivity index (χ1v) is 13.4. The second kappa shape index (κ2) is 11.2. The molecule has 1 aliphatic rings. The molecule has 1 aromatic carbocycles. The van der Waals surface area contributed by atoms with Gasteiger partial charge in [0.25, 0.3) is 0 Å². The van der Waals surface area contributed by atoms with E-state index in [0.717, 1.165) is 64.4 Å². The summed E-state index contributed by atoms with van der Waals surface area (Å²) in [6.45, 7) is 11.3. The maximum atomic E-state index is 12.8. The summed E-state index contributed by atoms with van der Waals surface area (Å²) < 4.78 is 6.30. The van der Waals surface area contributed by atoms with E-state index >= 15 is 0 Å². The number of nitrogens with two attached hydrogens (primary N) is 1. The molecule has 2 aromatic rings. The summed E-state index contributed by atoms with van der Waals surface area (Å²) in [5.74, 6) is -0.585. The Bertz CT molecular complexity index is 1090. The Kier molecular flexibility index (Phi) is 8.78. The van der Waals surface area contributed by atoms with Crippen molar-refractivity contribution < 1.29 is 23.6 Å². The number of ketones is 1. The minimum atomic E-state index is -0.475. The van der Waals surface area contributed by atoms with Gasteiger partial charge in [-0.05, 0) is 51.0 Å². The van der Waals surface area contributed by atoms with E-state index in [2.05, 4.69) is 6.92 Å². The molecule has 8 heteroatoms. The zero-order valence-electron chi connectivity index (χ0n) is 21.1. The molecule has 0 saturated heterocycles. The van der Waals surface area contributed by atoms with Gasteiger partial charge in [0.1, 0.15) is 17.9 Å². The van der Waals surface area contributed by atoms with Crippen LogP contribution in [0.3, 0.4) is 0 Å². The van der Waals surface area contributed by atoms with Crippen LogP contribution in [0.15, 0.2) is 24.3 Å². The first kappa shape index (κ1) is 27.4. The Morgan fingerprint density at radius 1 is 1.14 bits per heavy atom. The number of amides is 1. The van der Waals surface area contributed by atoms with E-state index < -0.39 is 11.5 Å². The van der Waals surface area contributed by atoms with Crippen molar-refractivity contribution in [1.29, 1.82) is 0 Å². The molecule has 1 atom stereocenters. The van der Waals surface area contributed by atoms with E-state index in [4.69, 9.17) is 22.1 Å². The summed E-state index contributed by atoms with van der Waals surface area (Å²) in [5, 5.41) is 0.631. The Labute approximate surface area is 217 Å². The van der Waals surface area contributed by atoms with Crippen LogP contribution in [0.2, 0.25) is 5.02 Å². The van der Waals surface area contributed by atoms with Gasteiger partial charge in [0, 0.05) is 35.6 Å². The Balaban J connectivity index is 1.71. The fraction of sp³-hybridized carbons (Fsp3) is 0.519. The summed E-state index contributed by atoms with van der Waals surface area (Å²) in [4.78, 5) is 39.2. The van der Waals surface area contributed by atoms with Gasteiger partial charge in [-0.2, -0.15) is 0 Å². The number of nitrogens with zero attached hydrogens (tertiary/aromatic N) is 1. The van der Waals surface area contributed by atoms with Crippen molar-refractivity contribution in [3.05, 3.63) is 55.7 Å². The first-order valence-electron chi connectivity index (χ1n) is 12.2. The van der Waals surface area contributed by atoms with Crippen LogP contribution in [-0.2, 0) is 40.1 Å². The zero-order valence-corrected chi connectivity index (χ0v) is 22.7. The topological polar surface area (TPSA) is 86.5 Å². The molecule has 2 heterocycles. The number of primary amides is 1. The van der Waals surface area contributed by atoms with Crippen LogP contribution < -0.4 is 5.73 Å². The number of esters is 1.